The highest BCUT2D eigenvalue weighted by Gasteiger charge is 2.42. The van der Waals surface area contributed by atoms with E-state index < -0.39 is 41.4 Å². The van der Waals surface area contributed by atoms with Crippen molar-refractivity contribution in [3.05, 3.63) is 40.8 Å². The molecule has 2 heterocycles. The number of halogens is 1. The van der Waals surface area contributed by atoms with Crippen molar-refractivity contribution in [3.8, 4) is 0 Å². The van der Waals surface area contributed by atoms with Crippen LogP contribution in [-0.2, 0) is 25.6 Å². The number of nitrogens with one attached hydrogen (secondary N) is 3. The Morgan fingerprint density at radius 2 is 1.76 bits per heavy atom. The van der Waals surface area contributed by atoms with E-state index in [1.54, 1.807) is 13.8 Å². The second-order valence-corrected chi connectivity index (χ2v) is 10.7. The minimum absolute atomic E-state index is 0.263. The maximum Gasteiger partial charge on any atom is 0.246 e. The number of hydrogen-bond acceptors (Lipinski definition) is 6. The molecule has 11 nitrogen and oxygen atoms in total. The summed E-state index contributed by atoms with van der Waals surface area (Å²) in [4.78, 5) is 65.9. The van der Waals surface area contributed by atoms with Crippen LogP contribution >= 0.6 is 11.6 Å². The highest BCUT2D eigenvalue weighted by molar-refractivity contribution is 6.18. The van der Waals surface area contributed by atoms with Gasteiger partial charge in [-0.25, -0.2) is 0 Å². The van der Waals surface area contributed by atoms with Gasteiger partial charge in [-0.15, -0.1) is 16.5 Å². The lowest BCUT2D eigenvalue weighted by molar-refractivity contribution is -0.144. The molecule has 2 saturated heterocycles. The molecule has 38 heavy (non-hydrogen) atoms. The number of unbranched alkanes of at least 4 members (excludes halogenated alkanes) is 1. The zero-order valence-corrected chi connectivity index (χ0v) is 22.7. The third-order valence-corrected chi connectivity index (χ3v) is 7.15. The SMILES string of the molecule is CC1(C)NC(=O)[C@H](CCCCN(CCCl)N=O)NC(=O)[C@H]2CCCN2C(=O)[C@H](Cc2ccccc2)NC1=O. The predicted molar refractivity (Wildman–Crippen MR) is 143 cm³/mol. The number of hydrogen-bond donors (Lipinski definition) is 3. The normalized spacial score (nSPS) is 23.9. The van der Waals surface area contributed by atoms with Gasteiger partial charge in [0, 0.05) is 25.4 Å². The average Bonchev–Trinajstić information content (AvgIpc) is 3.38. The lowest BCUT2D eigenvalue weighted by Gasteiger charge is -2.34. The third-order valence-electron chi connectivity index (χ3n) is 6.98. The van der Waals surface area contributed by atoms with E-state index in [1.165, 1.54) is 9.91 Å². The first kappa shape index (κ1) is 29.3. The minimum Gasteiger partial charge on any atom is -0.343 e. The van der Waals surface area contributed by atoms with E-state index in [2.05, 4.69) is 21.2 Å². The standard InChI is InChI=1S/C26H37ClN6O5/c1-26(2)25(37)29-20(17-18-9-4-3-5-10-18)24(36)33-15-8-12-21(33)23(35)28-19(22(34)30-26)11-6-7-14-32(31-38)16-13-27/h3-5,9-10,19-21H,6-8,11-17H2,1-2H3,(H,28,35)(H,29,37)(H,30,34)/t19-,20-,21+/m0/s1. The number of nitrogens with zero attached hydrogens (tertiary/aromatic N) is 3. The summed E-state index contributed by atoms with van der Waals surface area (Å²) in [5.74, 6) is -1.42. The van der Waals surface area contributed by atoms with Crippen LogP contribution in [0.25, 0.3) is 0 Å². The monoisotopic (exact) mass is 548 g/mol. The van der Waals surface area contributed by atoms with Crippen molar-refractivity contribution in [2.45, 2.75) is 76.0 Å². The number of carbonyl (C=O) groups excluding carboxylic acids is 4. The molecular weight excluding hydrogens is 512 g/mol. The molecule has 3 N–H and O–H groups in total. The van der Waals surface area contributed by atoms with E-state index in [4.69, 9.17) is 11.6 Å². The second kappa shape index (κ2) is 13.5. The maximum absolute atomic E-state index is 13.6. The molecule has 3 atom stereocenters. The van der Waals surface area contributed by atoms with Gasteiger partial charge in [0.25, 0.3) is 0 Å². The van der Waals surface area contributed by atoms with Crippen LogP contribution in [0.2, 0.25) is 0 Å². The van der Waals surface area contributed by atoms with E-state index in [0.717, 1.165) is 5.56 Å². The van der Waals surface area contributed by atoms with E-state index >= 15 is 0 Å². The van der Waals surface area contributed by atoms with Crippen molar-refractivity contribution in [2.24, 2.45) is 5.29 Å². The quantitative estimate of drug-likeness (QED) is 0.175. The van der Waals surface area contributed by atoms with Gasteiger partial charge in [-0.3, -0.25) is 24.2 Å². The number of alkyl halides is 1. The van der Waals surface area contributed by atoms with Crippen molar-refractivity contribution in [2.75, 3.05) is 25.5 Å². The first-order valence-corrected chi connectivity index (χ1v) is 13.6. The summed E-state index contributed by atoms with van der Waals surface area (Å²) < 4.78 is 0. The number of carbonyl (C=O) groups is 4. The van der Waals surface area contributed by atoms with Crippen LogP contribution in [0, 0.1) is 4.91 Å². The molecule has 12 heteroatoms. The van der Waals surface area contributed by atoms with Gasteiger partial charge in [0.1, 0.15) is 23.7 Å². The van der Waals surface area contributed by atoms with Crippen LogP contribution < -0.4 is 16.0 Å². The smallest absolute Gasteiger partial charge is 0.246 e. The fourth-order valence-electron chi connectivity index (χ4n) is 4.81. The molecule has 208 valence electrons. The van der Waals surface area contributed by atoms with E-state index in [1.807, 2.05) is 30.3 Å². The van der Waals surface area contributed by atoms with Crippen molar-refractivity contribution in [1.82, 2.24) is 25.9 Å². The van der Waals surface area contributed by atoms with Gasteiger partial charge in [0.2, 0.25) is 23.6 Å². The lowest BCUT2D eigenvalue weighted by Crippen LogP contribution is -2.64. The first-order chi connectivity index (χ1) is 18.2. The van der Waals surface area contributed by atoms with Crippen LogP contribution in [0.4, 0.5) is 0 Å². The number of benzene rings is 1. The molecule has 0 radical (unpaired) electrons. The van der Waals surface area contributed by atoms with Crippen molar-refractivity contribution in [1.29, 1.82) is 0 Å². The largest absolute Gasteiger partial charge is 0.343 e. The van der Waals surface area contributed by atoms with Crippen LogP contribution in [0.15, 0.2) is 35.6 Å². The number of rotatable bonds is 10. The van der Waals surface area contributed by atoms with Gasteiger partial charge in [-0.2, -0.15) is 0 Å². The Labute approximate surface area is 228 Å². The second-order valence-electron chi connectivity index (χ2n) is 10.3. The molecule has 0 spiro atoms. The predicted octanol–water partition coefficient (Wildman–Crippen LogP) is 1.49. The highest BCUT2D eigenvalue weighted by atomic mass is 35.5. The van der Waals surface area contributed by atoms with Gasteiger partial charge in [0.15, 0.2) is 0 Å². The first-order valence-electron chi connectivity index (χ1n) is 13.1. The van der Waals surface area contributed by atoms with Crippen LogP contribution in [-0.4, -0.2) is 82.7 Å². The molecular formula is C26H37ClN6O5. The summed E-state index contributed by atoms with van der Waals surface area (Å²) in [6, 6.07) is 6.83. The van der Waals surface area contributed by atoms with Crippen LogP contribution in [0.5, 0.6) is 0 Å². The van der Waals surface area contributed by atoms with Gasteiger partial charge in [0.05, 0.1) is 11.8 Å². The summed E-state index contributed by atoms with van der Waals surface area (Å²) in [6.07, 6.45) is 2.75. The lowest BCUT2D eigenvalue weighted by atomic mass is 9.98. The Morgan fingerprint density at radius 3 is 2.45 bits per heavy atom. The Bertz CT molecular complexity index is 1010. The van der Waals surface area contributed by atoms with Gasteiger partial charge in [-0.1, -0.05) is 30.3 Å². The molecule has 0 unspecified atom stereocenters. The van der Waals surface area contributed by atoms with Crippen LogP contribution in [0.3, 0.4) is 0 Å². The van der Waals surface area contributed by atoms with Crippen molar-refractivity contribution in [3.63, 3.8) is 0 Å². The topological polar surface area (TPSA) is 140 Å². The Kier molecular flexibility index (Phi) is 10.5. The molecule has 0 bridgehead atoms. The molecule has 2 aliphatic rings. The minimum atomic E-state index is -1.34. The fourth-order valence-corrected chi connectivity index (χ4v) is 5.01. The molecule has 0 saturated carbocycles. The van der Waals surface area contributed by atoms with E-state index in [-0.39, 0.29) is 18.2 Å². The van der Waals surface area contributed by atoms with E-state index in [0.29, 0.717) is 51.7 Å². The molecule has 4 amide bonds. The molecule has 2 fully saturated rings. The van der Waals surface area contributed by atoms with E-state index in [9.17, 15) is 24.1 Å². The number of nitroso groups, excluding NO2 is 1. The molecule has 3 rings (SSSR count). The summed E-state index contributed by atoms with van der Waals surface area (Å²) in [6.45, 7) is 4.22. The summed E-state index contributed by atoms with van der Waals surface area (Å²) in [5, 5.41) is 12.7. The fraction of sp³-hybridized carbons (Fsp3) is 0.615. The Morgan fingerprint density at radius 1 is 1.03 bits per heavy atom. The Balaban J connectivity index is 1.80. The molecule has 1 aromatic rings. The highest BCUT2D eigenvalue weighted by Crippen LogP contribution is 2.21. The summed E-state index contributed by atoms with van der Waals surface area (Å²) in [7, 11) is 0. The van der Waals surface area contributed by atoms with Crippen molar-refractivity contribution < 1.29 is 19.2 Å². The van der Waals surface area contributed by atoms with Gasteiger partial charge in [-0.05, 0) is 51.5 Å². The number of amides is 4. The summed E-state index contributed by atoms with van der Waals surface area (Å²) >= 11 is 5.67. The van der Waals surface area contributed by atoms with Gasteiger partial charge >= 0.3 is 0 Å². The average molecular weight is 549 g/mol. The zero-order valence-electron chi connectivity index (χ0n) is 22.0. The molecule has 0 aromatic heterocycles. The molecule has 2 aliphatic heterocycles. The molecule has 1 aromatic carbocycles. The van der Waals surface area contributed by atoms with Gasteiger partial charge < -0.3 is 20.9 Å². The van der Waals surface area contributed by atoms with Crippen LogP contribution in [0.1, 0.15) is 51.5 Å². The zero-order chi connectivity index (χ0) is 27.7. The maximum atomic E-state index is 13.6. The summed E-state index contributed by atoms with van der Waals surface area (Å²) in [5.41, 5.74) is -0.466. The van der Waals surface area contributed by atoms with Crippen molar-refractivity contribution >= 4 is 35.2 Å². The third kappa shape index (κ3) is 7.66. The number of fused-ring (bicyclic) bond motifs is 1. The Hall–Kier alpha value is -3.21. The molecule has 0 aliphatic carbocycles.